The first-order valence-electron chi connectivity index (χ1n) is 7.70. The van der Waals surface area contributed by atoms with E-state index in [0.29, 0.717) is 17.3 Å². The Balaban J connectivity index is 1.60. The molecule has 2 N–H and O–H groups in total. The van der Waals surface area contributed by atoms with E-state index >= 15 is 0 Å². The third-order valence-corrected chi connectivity index (χ3v) is 5.56. The van der Waals surface area contributed by atoms with E-state index in [0.717, 1.165) is 9.47 Å². The summed E-state index contributed by atoms with van der Waals surface area (Å²) in [6.45, 7) is 3.30. The van der Waals surface area contributed by atoms with Gasteiger partial charge in [-0.05, 0) is 38.8 Å². The maximum Gasteiger partial charge on any atom is 0.237 e. The second-order valence-electron chi connectivity index (χ2n) is 5.64. The largest absolute Gasteiger partial charge is 0.357 e. The smallest absolute Gasteiger partial charge is 0.237 e. The molecule has 1 heterocycles. The normalized spacial score (nSPS) is 14.9. The van der Waals surface area contributed by atoms with Crippen molar-refractivity contribution in [2.75, 3.05) is 10.6 Å². The first-order valence-corrected chi connectivity index (χ1v) is 9.40. The summed E-state index contributed by atoms with van der Waals surface area (Å²) in [5.41, 5.74) is 1.05. The molecule has 1 amide bonds. The number of aromatic nitrogens is 2. The number of rotatable bonds is 7. The summed E-state index contributed by atoms with van der Waals surface area (Å²) in [5, 5.41) is 14.8. The maximum atomic E-state index is 12.4. The Hall–Kier alpha value is -1.93. The van der Waals surface area contributed by atoms with Crippen molar-refractivity contribution in [1.82, 2.24) is 10.2 Å². The van der Waals surface area contributed by atoms with Gasteiger partial charge in [0.2, 0.25) is 11.0 Å². The maximum absolute atomic E-state index is 12.4. The molecule has 0 saturated heterocycles. The molecule has 1 fully saturated rings. The molecule has 1 aliphatic carbocycles. The van der Waals surface area contributed by atoms with Crippen LogP contribution in [0, 0.1) is 0 Å². The predicted molar refractivity (Wildman–Crippen MR) is 96.9 cm³/mol. The molecule has 24 heavy (non-hydrogen) atoms. The Morgan fingerprint density at radius 1 is 1.29 bits per heavy atom. The minimum Gasteiger partial charge on any atom is -0.357 e. The second-order valence-corrected chi connectivity index (χ2v) is 8.21. The SMILES string of the molecule is CC(=O)c1ccccc1NC(=O)[C@H](C)Sc1nnc(NC2CC2)s1. The lowest BCUT2D eigenvalue weighted by atomic mass is 10.1. The number of nitrogens with zero attached hydrogens (tertiary/aromatic N) is 2. The molecule has 6 nitrogen and oxygen atoms in total. The number of carbonyl (C=O) groups excluding carboxylic acids is 2. The zero-order chi connectivity index (χ0) is 17.1. The minimum absolute atomic E-state index is 0.0777. The van der Waals surface area contributed by atoms with E-state index in [4.69, 9.17) is 0 Å². The molecule has 0 radical (unpaired) electrons. The number of hydrogen-bond donors (Lipinski definition) is 2. The Morgan fingerprint density at radius 2 is 2.04 bits per heavy atom. The number of benzene rings is 1. The highest BCUT2D eigenvalue weighted by atomic mass is 32.2. The van der Waals surface area contributed by atoms with Gasteiger partial charge in [0.25, 0.3) is 0 Å². The van der Waals surface area contributed by atoms with Crippen LogP contribution in [-0.2, 0) is 4.79 Å². The van der Waals surface area contributed by atoms with Gasteiger partial charge in [-0.15, -0.1) is 10.2 Å². The molecule has 0 aliphatic heterocycles. The van der Waals surface area contributed by atoms with E-state index in [1.54, 1.807) is 24.3 Å². The van der Waals surface area contributed by atoms with Crippen molar-refractivity contribution in [2.24, 2.45) is 0 Å². The van der Waals surface area contributed by atoms with Gasteiger partial charge < -0.3 is 10.6 Å². The zero-order valence-electron chi connectivity index (χ0n) is 13.4. The lowest BCUT2D eigenvalue weighted by molar-refractivity contribution is -0.115. The van der Waals surface area contributed by atoms with Crippen LogP contribution in [0.2, 0.25) is 0 Å². The van der Waals surface area contributed by atoms with Gasteiger partial charge in [-0.1, -0.05) is 35.2 Å². The molecule has 0 unspecified atom stereocenters. The minimum atomic E-state index is -0.341. The highest BCUT2D eigenvalue weighted by Gasteiger charge is 2.23. The average Bonchev–Trinajstić information content (AvgIpc) is 3.26. The van der Waals surface area contributed by atoms with Crippen molar-refractivity contribution >= 4 is 45.6 Å². The van der Waals surface area contributed by atoms with Gasteiger partial charge in [0.05, 0.1) is 10.9 Å². The molecule has 8 heteroatoms. The molecule has 1 saturated carbocycles. The van der Waals surface area contributed by atoms with Crippen molar-refractivity contribution < 1.29 is 9.59 Å². The van der Waals surface area contributed by atoms with Gasteiger partial charge in [0, 0.05) is 11.6 Å². The summed E-state index contributed by atoms with van der Waals surface area (Å²) in [6.07, 6.45) is 2.35. The summed E-state index contributed by atoms with van der Waals surface area (Å²) in [5.74, 6) is -0.244. The molecule has 126 valence electrons. The predicted octanol–water partition coefficient (Wildman–Crippen LogP) is 3.43. The summed E-state index contributed by atoms with van der Waals surface area (Å²) in [4.78, 5) is 24.0. The average molecular weight is 362 g/mol. The van der Waals surface area contributed by atoms with Gasteiger partial charge in [-0.25, -0.2) is 0 Å². The van der Waals surface area contributed by atoms with Crippen molar-refractivity contribution in [1.29, 1.82) is 0 Å². The van der Waals surface area contributed by atoms with Crippen molar-refractivity contribution in [3.05, 3.63) is 29.8 Å². The molecular weight excluding hydrogens is 344 g/mol. The van der Waals surface area contributed by atoms with Crippen molar-refractivity contribution in [3.8, 4) is 0 Å². The Morgan fingerprint density at radius 3 is 2.75 bits per heavy atom. The van der Waals surface area contributed by atoms with Gasteiger partial charge in [0.1, 0.15) is 0 Å². The monoisotopic (exact) mass is 362 g/mol. The summed E-state index contributed by atoms with van der Waals surface area (Å²) >= 11 is 2.82. The molecule has 1 atom stereocenters. The standard InChI is InChI=1S/C16H18N4O2S2/c1-9(21)12-5-3-4-6-13(12)18-14(22)10(2)23-16-20-19-15(24-16)17-11-7-8-11/h3-6,10-11H,7-8H2,1-2H3,(H,17,19)(H,18,22)/t10-/m0/s1. The molecule has 1 aromatic carbocycles. The molecule has 0 spiro atoms. The zero-order valence-corrected chi connectivity index (χ0v) is 15.0. The number of thioether (sulfide) groups is 1. The van der Waals surface area contributed by atoms with Crippen LogP contribution in [0.5, 0.6) is 0 Å². The Bertz CT molecular complexity index is 758. The van der Waals surface area contributed by atoms with Gasteiger partial charge in [0.15, 0.2) is 10.1 Å². The molecule has 1 aliphatic rings. The summed E-state index contributed by atoms with van der Waals surface area (Å²) in [6, 6.07) is 7.53. The fourth-order valence-electron chi connectivity index (χ4n) is 2.06. The third-order valence-electron chi connectivity index (χ3n) is 3.52. The number of anilines is 2. The molecule has 3 rings (SSSR count). The lowest BCUT2D eigenvalue weighted by Crippen LogP contribution is -2.23. The number of ketones is 1. The highest BCUT2D eigenvalue weighted by molar-refractivity contribution is 8.02. The molecular formula is C16H18N4O2S2. The molecule has 1 aromatic heterocycles. The third kappa shape index (κ3) is 4.33. The fraction of sp³-hybridized carbons (Fsp3) is 0.375. The van der Waals surface area contributed by atoms with Crippen LogP contribution < -0.4 is 10.6 Å². The van der Waals surface area contributed by atoms with Crippen LogP contribution in [-0.4, -0.2) is 33.2 Å². The van der Waals surface area contributed by atoms with Gasteiger partial charge in [-0.3, -0.25) is 9.59 Å². The van der Waals surface area contributed by atoms with E-state index in [2.05, 4.69) is 20.8 Å². The molecule has 0 bridgehead atoms. The number of amides is 1. The second kappa shape index (κ2) is 7.31. The van der Waals surface area contributed by atoms with Crippen LogP contribution in [0.1, 0.15) is 37.0 Å². The first kappa shape index (κ1) is 16.9. The number of para-hydroxylation sites is 1. The van der Waals surface area contributed by atoms with Crippen molar-refractivity contribution in [3.63, 3.8) is 0 Å². The van der Waals surface area contributed by atoms with E-state index in [1.165, 1.54) is 42.9 Å². The highest BCUT2D eigenvalue weighted by Crippen LogP contribution is 2.32. The number of Topliss-reactive ketones (excluding diaryl/α,β-unsaturated/α-hetero) is 1. The quantitative estimate of drug-likeness (QED) is 0.580. The fourth-order valence-corrected chi connectivity index (χ4v) is 4.03. The van der Waals surface area contributed by atoms with Crippen LogP contribution in [0.15, 0.2) is 28.6 Å². The van der Waals surface area contributed by atoms with Crippen LogP contribution in [0.25, 0.3) is 0 Å². The van der Waals surface area contributed by atoms with Crippen LogP contribution in [0.4, 0.5) is 10.8 Å². The number of carbonyl (C=O) groups is 2. The lowest BCUT2D eigenvalue weighted by Gasteiger charge is -2.12. The Labute approximate surface area is 148 Å². The first-order chi connectivity index (χ1) is 11.5. The van der Waals surface area contributed by atoms with E-state index in [-0.39, 0.29) is 16.9 Å². The van der Waals surface area contributed by atoms with Crippen LogP contribution >= 0.6 is 23.1 Å². The van der Waals surface area contributed by atoms with Crippen LogP contribution in [0.3, 0.4) is 0 Å². The number of nitrogens with one attached hydrogen (secondary N) is 2. The van der Waals surface area contributed by atoms with E-state index < -0.39 is 0 Å². The van der Waals surface area contributed by atoms with Crippen molar-refractivity contribution in [2.45, 2.75) is 42.3 Å². The van der Waals surface area contributed by atoms with E-state index in [1.807, 2.05) is 6.92 Å². The van der Waals surface area contributed by atoms with E-state index in [9.17, 15) is 9.59 Å². The van der Waals surface area contributed by atoms with Gasteiger partial charge in [-0.2, -0.15) is 0 Å². The number of hydrogen-bond acceptors (Lipinski definition) is 7. The summed E-state index contributed by atoms with van der Waals surface area (Å²) < 4.78 is 0.751. The Kier molecular flexibility index (Phi) is 5.15. The van der Waals surface area contributed by atoms with Gasteiger partial charge >= 0.3 is 0 Å². The molecule has 2 aromatic rings. The topological polar surface area (TPSA) is 84.0 Å². The summed E-state index contributed by atoms with van der Waals surface area (Å²) in [7, 11) is 0.